The zero-order chi connectivity index (χ0) is 17.3. The second-order valence-corrected chi connectivity index (χ2v) is 8.26. The van der Waals surface area contributed by atoms with Crippen molar-refractivity contribution < 1.29 is 13.2 Å². The number of amides is 1. The van der Waals surface area contributed by atoms with Gasteiger partial charge in [0.15, 0.2) is 0 Å². The van der Waals surface area contributed by atoms with E-state index in [1.807, 2.05) is 13.8 Å². The molecule has 1 aromatic heterocycles. The van der Waals surface area contributed by atoms with E-state index in [0.717, 1.165) is 5.52 Å². The first-order valence-electron chi connectivity index (χ1n) is 8.11. The fourth-order valence-electron chi connectivity index (χ4n) is 2.94. The van der Waals surface area contributed by atoms with Crippen LogP contribution in [0.3, 0.4) is 0 Å². The molecule has 0 aliphatic carbocycles. The van der Waals surface area contributed by atoms with Gasteiger partial charge in [0, 0.05) is 32.1 Å². The standard InChI is InChI=1S/C16H22N4O3S/c1-12(2)16(21)19-6-3-7-20(9-8-19)24(22,23)13-4-5-14-15(10-13)18-11-17-14/h4-5,10-12H,3,6-9H2,1-2H3,(H,17,18). The van der Waals surface area contributed by atoms with E-state index in [1.54, 1.807) is 29.4 Å². The predicted molar refractivity (Wildman–Crippen MR) is 90.9 cm³/mol. The van der Waals surface area contributed by atoms with E-state index in [4.69, 9.17) is 0 Å². The van der Waals surface area contributed by atoms with Crippen molar-refractivity contribution in [1.29, 1.82) is 0 Å². The summed E-state index contributed by atoms with van der Waals surface area (Å²) < 4.78 is 27.3. The predicted octanol–water partition coefficient (Wildman–Crippen LogP) is 1.44. The Kier molecular flexibility index (Phi) is 4.60. The normalized spacial score (nSPS) is 17.4. The number of nitrogens with one attached hydrogen (secondary N) is 1. The summed E-state index contributed by atoms with van der Waals surface area (Å²) in [6.07, 6.45) is 2.19. The van der Waals surface area contributed by atoms with Gasteiger partial charge in [0.25, 0.3) is 0 Å². The van der Waals surface area contributed by atoms with Crippen molar-refractivity contribution in [3.05, 3.63) is 24.5 Å². The molecule has 0 radical (unpaired) electrons. The van der Waals surface area contributed by atoms with Gasteiger partial charge in [-0.3, -0.25) is 4.79 Å². The summed E-state index contributed by atoms with van der Waals surface area (Å²) in [6, 6.07) is 4.89. The molecule has 0 bridgehead atoms. The number of fused-ring (bicyclic) bond motifs is 1. The molecule has 0 spiro atoms. The van der Waals surface area contributed by atoms with Gasteiger partial charge in [0.05, 0.1) is 22.3 Å². The number of sulfonamides is 1. The molecular weight excluding hydrogens is 328 g/mol. The number of carbonyl (C=O) groups excluding carboxylic acids is 1. The number of hydrogen-bond donors (Lipinski definition) is 1. The van der Waals surface area contributed by atoms with Crippen molar-refractivity contribution in [1.82, 2.24) is 19.2 Å². The Hall–Kier alpha value is -1.93. The Morgan fingerprint density at radius 2 is 2.00 bits per heavy atom. The van der Waals surface area contributed by atoms with E-state index in [9.17, 15) is 13.2 Å². The maximum Gasteiger partial charge on any atom is 0.243 e. The molecule has 0 atom stereocenters. The van der Waals surface area contributed by atoms with Gasteiger partial charge >= 0.3 is 0 Å². The van der Waals surface area contributed by atoms with Crippen LogP contribution in [0.1, 0.15) is 20.3 Å². The van der Waals surface area contributed by atoms with Crippen LogP contribution in [-0.2, 0) is 14.8 Å². The molecule has 24 heavy (non-hydrogen) atoms. The van der Waals surface area contributed by atoms with Crippen LogP contribution in [-0.4, -0.2) is 59.7 Å². The first-order chi connectivity index (χ1) is 11.4. The molecule has 0 saturated carbocycles. The van der Waals surface area contributed by atoms with Crippen molar-refractivity contribution >= 4 is 27.0 Å². The third-order valence-corrected chi connectivity index (χ3v) is 6.18. The lowest BCUT2D eigenvalue weighted by Gasteiger charge is -2.23. The van der Waals surface area contributed by atoms with Crippen molar-refractivity contribution in [3.8, 4) is 0 Å². The SMILES string of the molecule is CC(C)C(=O)N1CCCN(S(=O)(=O)c2ccc3nc[nH]c3c2)CC1. The average molecular weight is 350 g/mol. The van der Waals surface area contributed by atoms with E-state index in [0.29, 0.717) is 38.1 Å². The fraction of sp³-hybridized carbons (Fsp3) is 0.500. The number of rotatable bonds is 3. The Morgan fingerprint density at radius 3 is 2.75 bits per heavy atom. The van der Waals surface area contributed by atoms with Gasteiger partial charge in [-0.1, -0.05) is 13.8 Å². The van der Waals surface area contributed by atoms with E-state index in [-0.39, 0.29) is 16.7 Å². The number of aromatic amines is 1. The second kappa shape index (κ2) is 6.52. The van der Waals surface area contributed by atoms with Gasteiger partial charge in [-0.15, -0.1) is 0 Å². The van der Waals surface area contributed by atoms with Gasteiger partial charge in [0.2, 0.25) is 15.9 Å². The lowest BCUT2D eigenvalue weighted by molar-refractivity contribution is -0.134. The summed E-state index contributed by atoms with van der Waals surface area (Å²) in [5.41, 5.74) is 1.43. The van der Waals surface area contributed by atoms with Gasteiger partial charge < -0.3 is 9.88 Å². The van der Waals surface area contributed by atoms with Gasteiger partial charge in [0.1, 0.15) is 0 Å². The van der Waals surface area contributed by atoms with Crippen molar-refractivity contribution in [2.45, 2.75) is 25.2 Å². The van der Waals surface area contributed by atoms with Crippen LogP contribution >= 0.6 is 0 Å². The summed E-state index contributed by atoms with van der Waals surface area (Å²) in [7, 11) is -3.58. The molecule has 1 N–H and O–H groups in total. The number of H-pyrrole nitrogens is 1. The topological polar surface area (TPSA) is 86.4 Å². The zero-order valence-corrected chi connectivity index (χ0v) is 14.7. The lowest BCUT2D eigenvalue weighted by atomic mass is 10.2. The lowest BCUT2D eigenvalue weighted by Crippen LogP contribution is -2.38. The monoisotopic (exact) mass is 350 g/mol. The van der Waals surface area contributed by atoms with Crippen LogP contribution in [0.25, 0.3) is 11.0 Å². The summed E-state index contributed by atoms with van der Waals surface area (Å²) in [6.45, 7) is 5.50. The van der Waals surface area contributed by atoms with Gasteiger partial charge in [-0.2, -0.15) is 4.31 Å². The maximum absolute atomic E-state index is 12.9. The third kappa shape index (κ3) is 3.16. The molecule has 3 rings (SSSR count). The molecule has 8 heteroatoms. The number of benzene rings is 1. The highest BCUT2D eigenvalue weighted by atomic mass is 32.2. The molecule has 1 saturated heterocycles. The van der Waals surface area contributed by atoms with E-state index >= 15 is 0 Å². The first-order valence-corrected chi connectivity index (χ1v) is 9.55. The summed E-state index contributed by atoms with van der Waals surface area (Å²) >= 11 is 0. The molecule has 1 aromatic carbocycles. The minimum atomic E-state index is -3.58. The first kappa shape index (κ1) is 16.9. The van der Waals surface area contributed by atoms with Crippen molar-refractivity contribution in [2.75, 3.05) is 26.2 Å². The Balaban J connectivity index is 1.81. The van der Waals surface area contributed by atoms with Crippen LogP contribution in [0.4, 0.5) is 0 Å². The molecule has 2 heterocycles. The van der Waals surface area contributed by atoms with Crippen LogP contribution in [0.15, 0.2) is 29.4 Å². The number of carbonyl (C=O) groups is 1. The molecule has 0 unspecified atom stereocenters. The average Bonchev–Trinajstić information content (AvgIpc) is 2.88. The Morgan fingerprint density at radius 1 is 1.21 bits per heavy atom. The van der Waals surface area contributed by atoms with E-state index in [1.165, 1.54) is 4.31 Å². The molecular formula is C16H22N4O3S. The van der Waals surface area contributed by atoms with E-state index < -0.39 is 10.0 Å². The number of aromatic nitrogens is 2. The van der Waals surface area contributed by atoms with E-state index in [2.05, 4.69) is 9.97 Å². The van der Waals surface area contributed by atoms with Crippen molar-refractivity contribution in [3.63, 3.8) is 0 Å². The minimum Gasteiger partial charge on any atom is -0.345 e. The molecule has 1 amide bonds. The molecule has 1 fully saturated rings. The molecule has 1 aliphatic heterocycles. The maximum atomic E-state index is 12.9. The highest BCUT2D eigenvalue weighted by Crippen LogP contribution is 2.21. The van der Waals surface area contributed by atoms with Crippen LogP contribution in [0.5, 0.6) is 0 Å². The molecule has 7 nitrogen and oxygen atoms in total. The zero-order valence-electron chi connectivity index (χ0n) is 13.9. The van der Waals surface area contributed by atoms with Gasteiger partial charge in [-0.25, -0.2) is 13.4 Å². The Labute approximate surface area is 141 Å². The number of nitrogens with zero attached hydrogens (tertiary/aromatic N) is 3. The highest BCUT2D eigenvalue weighted by molar-refractivity contribution is 7.89. The Bertz CT molecular complexity index is 844. The summed E-state index contributed by atoms with van der Waals surface area (Å²) in [4.78, 5) is 21.2. The number of imidazole rings is 1. The summed E-state index contributed by atoms with van der Waals surface area (Å²) in [5, 5.41) is 0. The van der Waals surface area contributed by atoms with Crippen LogP contribution in [0, 0.1) is 5.92 Å². The van der Waals surface area contributed by atoms with Crippen molar-refractivity contribution in [2.24, 2.45) is 5.92 Å². The smallest absolute Gasteiger partial charge is 0.243 e. The van der Waals surface area contributed by atoms with Gasteiger partial charge in [-0.05, 0) is 24.6 Å². The second-order valence-electron chi connectivity index (χ2n) is 6.32. The number of hydrogen-bond acceptors (Lipinski definition) is 4. The molecule has 2 aromatic rings. The van der Waals surface area contributed by atoms with Crippen LogP contribution in [0.2, 0.25) is 0 Å². The largest absolute Gasteiger partial charge is 0.345 e. The fourth-order valence-corrected chi connectivity index (χ4v) is 4.44. The molecule has 1 aliphatic rings. The summed E-state index contributed by atoms with van der Waals surface area (Å²) in [5.74, 6) is 0.00377. The molecule has 130 valence electrons. The quantitative estimate of drug-likeness (QED) is 0.907. The minimum absolute atomic E-state index is 0.0732. The van der Waals surface area contributed by atoms with Crippen LogP contribution < -0.4 is 0 Å². The highest BCUT2D eigenvalue weighted by Gasteiger charge is 2.29. The third-order valence-electron chi connectivity index (χ3n) is 4.29.